The number of aliphatic hydroxyl groups excluding tert-OH is 1. The Morgan fingerprint density at radius 2 is 1.95 bits per heavy atom. The van der Waals surface area contributed by atoms with Gasteiger partial charge in [0, 0.05) is 16.9 Å². The minimum Gasteiger partial charge on any atom is -0.392 e. The van der Waals surface area contributed by atoms with Gasteiger partial charge in [-0.1, -0.05) is 26.0 Å². The summed E-state index contributed by atoms with van der Waals surface area (Å²) in [5.41, 5.74) is 8.48. The van der Waals surface area contributed by atoms with Gasteiger partial charge in [-0.3, -0.25) is 4.79 Å². The van der Waals surface area contributed by atoms with Gasteiger partial charge < -0.3 is 16.2 Å². The summed E-state index contributed by atoms with van der Waals surface area (Å²) in [5.74, 6) is 0.300. The second kappa shape index (κ2) is 6.37. The van der Waals surface area contributed by atoms with Gasteiger partial charge in [0.15, 0.2) is 0 Å². The predicted octanol–water partition coefficient (Wildman–Crippen LogP) is 2.53. The molecule has 0 fully saturated rings. The monoisotopic (exact) mass is 285 g/mol. The molecule has 21 heavy (non-hydrogen) atoms. The number of hydrogen-bond acceptors (Lipinski definition) is 4. The topological polar surface area (TPSA) is 88.2 Å². The second-order valence-electron chi connectivity index (χ2n) is 5.17. The molecule has 4 N–H and O–H groups in total. The predicted molar refractivity (Wildman–Crippen MR) is 83.1 cm³/mol. The molecule has 0 aliphatic heterocycles. The van der Waals surface area contributed by atoms with Crippen LogP contribution in [0, 0.1) is 0 Å². The van der Waals surface area contributed by atoms with Crippen LogP contribution in [0.1, 0.15) is 41.4 Å². The van der Waals surface area contributed by atoms with E-state index >= 15 is 0 Å². The summed E-state index contributed by atoms with van der Waals surface area (Å²) in [4.78, 5) is 16.5. The Hall–Kier alpha value is -2.40. The zero-order valence-electron chi connectivity index (χ0n) is 12.1. The van der Waals surface area contributed by atoms with Crippen molar-refractivity contribution in [2.24, 2.45) is 0 Å². The molecule has 0 unspecified atom stereocenters. The normalized spacial score (nSPS) is 10.7. The van der Waals surface area contributed by atoms with Crippen LogP contribution in [0.4, 0.5) is 11.5 Å². The lowest BCUT2D eigenvalue weighted by Crippen LogP contribution is -2.13. The van der Waals surface area contributed by atoms with Gasteiger partial charge in [-0.25, -0.2) is 4.98 Å². The molecule has 0 bridgehead atoms. The van der Waals surface area contributed by atoms with Crippen molar-refractivity contribution < 1.29 is 9.90 Å². The lowest BCUT2D eigenvalue weighted by atomic mass is 10.1. The number of benzene rings is 1. The molecule has 0 spiro atoms. The summed E-state index contributed by atoms with van der Waals surface area (Å²) < 4.78 is 0. The van der Waals surface area contributed by atoms with Gasteiger partial charge in [-0.05, 0) is 35.7 Å². The quantitative estimate of drug-likeness (QED) is 0.805. The number of nitrogens with one attached hydrogen (secondary N) is 1. The molecule has 5 nitrogen and oxygen atoms in total. The number of amides is 1. The molecular weight excluding hydrogens is 266 g/mol. The van der Waals surface area contributed by atoms with E-state index in [1.807, 2.05) is 13.8 Å². The SMILES string of the molecule is CC(C)c1cc(C(=O)Nc2ccc(CO)cc2)cc(N)n1. The van der Waals surface area contributed by atoms with E-state index < -0.39 is 0 Å². The number of aliphatic hydroxyl groups is 1. The van der Waals surface area contributed by atoms with Gasteiger partial charge in [-0.15, -0.1) is 0 Å². The molecule has 1 heterocycles. The molecule has 0 atom stereocenters. The molecule has 1 aromatic carbocycles. The van der Waals surface area contributed by atoms with Crippen LogP contribution in [-0.4, -0.2) is 16.0 Å². The van der Waals surface area contributed by atoms with Crippen molar-refractivity contribution in [2.75, 3.05) is 11.1 Å². The highest BCUT2D eigenvalue weighted by atomic mass is 16.3. The molecule has 0 saturated heterocycles. The summed E-state index contributed by atoms with van der Waals surface area (Å²) in [7, 11) is 0. The molecule has 110 valence electrons. The van der Waals surface area contributed by atoms with Crippen LogP contribution in [0.5, 0.6) is 0 Å². The van der Waals surface area contributed by atoms with Crippen LogP contribution in [0.15, 0.2) is 36.4 Å². The van der Waals surface area contributed by atoms with Crippen molar-refractivity contribution in [1.82, 2.24) is 4.98 Å². The third-order valence-corrected chi connectivity index (χ3v) is 3.11. The molecule has 0 saturated carbocycles. The summed E-state index contributed by atoms with van der Waals surface area (Å²) in [6, 6.07) is 10.3. The number of carbonyl (C=O) groups excluding carboxylic acids is 1. The number of carbonyl (C=O) groups is 1. The molecule has 1 amide bonds. The number of anilines is 2. The summed E-state index contributed by atoms with van der Waals surface area (Å²) in [5, 5.41) is 11.8. The average Bonchev–Trinajstić information content (AvgIpc) is 2.47. The van der Waals surface area contributed by atoms with E-state index in [9.17, 15) is 4.79 Å². The Morgan fingerprint density at radius 3 is 2.52 bits per heavy atom. The van der Waals surface area contributed by atoms with Gasteiger partial charge in [0.25, 0.3) is 5.91 Å². The Kier molecular flexibility index (Phi) is 4.55. The number of rotatable bonds is 4. The van der Waals surface area contributed by atoms with Gasteiger partial charge in [0.1, 0.15) is 5.82 Å². The second-order valence-corrected chi connectivity index (χ2v) is 5.17. The van der Waals surface area contributed by atoms with E-state index in [0.29, 0.717) is 17.1 Å². The molecule has 0 aliphatic carbocycles. The smallest absolute Gasteiger partial charge is 0.255 e. The summed E-state index contributed by atoms with van der Waals surface area (Å²) in [6.07, 6.45) is 0. The van der Waals surface area contributed by atoms with E-state index in [2.05, 4.69) is 10.3 Å². The number of aromatic nitrogens is 1. The van der Waals surface area contributed by atoms with Crippen LogP contribution in [0.25, 0.3) is 0 Å². The first kappa shape index (κ1) is 15.0. The van der Waals surface area contributed by atoms with Crippen LogP contribution in [0.2, 0.25) is 0 Å². The summed E-state index contributed by atoms with van der Waals surface area (Å²) in [6.45, 7) is 3.97. The Labute approximate surface area is 123 Å². The lowest BCUT2D eigenvalue weighted by Gasteiger charge is -2.10. The van der Waals surface area contributed by atoms with E-state index in [1.165, 1.54) is 0 Å². The van der Waals surface area contributed by atoms with E-state index in [0.717, 1.165) is 11.3 Å². The fraction of sp³-hybridized carbons (Fsp3) is 0.250. The molecule has 0 radical (unpaired) electrons. The Balaban J connectivity index is 2.19. The van der Waals surface area contributed by atoms with E-state index in [1.54, 1.807) is 36.4 Å². The first-order chi connectivity index (χ1) is 9.99. The fourth-order valence-electron chi connectivity index (χ4n) is 1.90. The maximum Gasteiger partial charge on any atom is 0.255 e. The standard InChI is InChI=1S/C16H19N3O2/c1-10(2)14-7-12(8-15(17)19-14)16(21)18-13-5-3-11(9-20)4-6-13/h3-8,10,20H,9H2,1-2H3,(H2,17,19)(H,18,21). The molecule has 2 rings (SSSR count). The van der Waals surface area contributed by atoms with Crippen LogP contribution in [-0.2, 0) is 6.61 Å². The van der Waals surface area contributed by atoms with E-state index in [4.69, 9.17) is 10.8 Å². The van der Waals surface area contributed by atoms with Crippen molar-refractivity contribution in [3.8, 4) is 0 Å². The molecule has 5 heteroatoms. The molecule has 2 aromatic rings. The summed E-state index contributed by atoms with van der Waals surface area (Å²) >= 11 is 0. The third kappa shape index (κ3) is 3.79. The van der Waals surface area contributed by atoms with Crippen molar-refractivity contribution in [2.45, 2.75) is 26.4 Å². The zero-order valence-corrected chi connectivity index (χ0v) is 12.1. The van der Waals surface area contributed by atoms with Gasteiger partial charge in [0.05, 0.1) is 6.61 Å². The van der Waals surface area contributed by atoms with Gasteiger partial charge in [0.2, 0.25) is 0 Å². The maximum atomic E-state index is 12.3. The van der Waals surface area contributed by atoms with Crippen molar-refractivity contribution in [1.29, 1.82) is 0 Å². The average molecular weight is 285 g/mol. The Morgan fingerprint density at radius 1 is 1.29 bits per heavy atom. The number of nitrogen functional groups attached to an aromatic ring is 1. The largest absolute Gasteiger partial charge is 0.392 e. The zero-order chi connectivity index (χ0) is 15.4. The highest BCUT2D eigenvalue weighted by Gasteiger charge is 2.11. The fourth-order valence-corrected chi connectivity index (χ4v) is 1.90. The highest BCUT2D eigenvalue weighted by molar-refractivity contribution is 6.04. The van der Waals surface area contributed by atoms with Crippen LogP contribution >= 0.6 is 0 Å². The minimum absolute atomic E-state index is 0.0210. The first-order valence-corrected chi connectivity index (χ1v) is 6.78. The van der Waals surface area contributed by atoms with Gasteiger partial charge in [-0.2, -0.15) is 0 Å². The van der Waals surface area contributed by atoms with Crippen molar-refractivity contribution in [3.63, 3.8) is 0 Å². The number of hydrogen-bond donors (Lipinski definition) is 3. The number of pyridine rings is 1. The number of nitrogens with two attached hydrogens (primary N) is 1. The third-order valence-electron chi connectivity index (χ3n) is 3.11. The number of nitrogens with zero attached hydrogens (tertiary/aromatic N) is 1. The highest BCUT2D eigenvalue weighted by Crippen LogP contribution is 2.17. The minimum atomic E-state index is -0.234. The Bertz CT molecular complexity index is 636. The lowest BCUT2D eigenvalue weighted by molar-refractivity contribution is 0.102. The van der Waals surface area contributed by atoms with Gasteiger partial charge >= 0.3 is 0 Å². The first-order valence-electron chi connectivity index (χ1n) is 6.78. The molecular formula is C16H19N3O2. The van der Waals surface area contributed by atoms with Crippen molar-refractivity contribution >= 4 is 17.4 Å². The molecule has 1 aromatic heterocycles. The van der Waals surface area contributed by atoms with E-state index in [-0.39, 0.29) is 18.4 Å². The maximum absolute atomic E-state index is 12.3. The van der Waals surface area contributed by atoms with Crippen molar-refractivity contribution in [3.05, 3.63) is 53.2 Å². The van der Waals surface area contributed by atoms with Crippen LogP contribution in [0.3, 0.4) is 0 Å². The molecule has 0 aliphatic rings. The van der Waals surface area contributed by atoms with Crippen LogP contribution < -0.4 is 11.1 Å².